The van der Waals surface area contributed by atoms with E-state index in [9.17, 15) is 4.79 Å². The Balaban J connectivity index is 1.91. The maximum Gasteiger partial charge on any atom is 0.335 e. The van der Waals surface area contributed by atoms with Crippen molar-refractivity contribution < 1.29 is 19.1 Å². The summed E-state index contributed by atoms with van der Waals surface area (Å²) in [5.41, 5.74) is 1.23. The van der Waals surface area contributed by atoms with Gasteiger partial charge in [0.15, 0.2) is 5.58 Å². The number of ether oxygens (including phenoxy) is 1. The topological polar surface area (TPSA) is 84.6 Å². The molecule has 0 amide bonds. The molecular formula is C14H16N2O4. The van der Waals surface area contributed by atoms with E-state index >= 15 is 0 Å². The van der Waals surface area contributed by atoms with Crippen molar-refractivity contribution in [2.24, 2.45) is 0 Å². The Bertz CT molecular complexity index is 606. The second kappa shape index (κ2) is 6.72. The van der Waals surface area contributed by atoms with Crippen molar-refractivity contribution in [3.8, 4) is 0 Å². The molecule has 106 valence electrons. The van der Waals surface area contributed by atoms with Crippen molar-refractivity contribution in [2.75, 3.05) is 25.1 Å². The lowest BCUT2D eigenvalue weighted by Gasteiger charge is -2.02. The number of carbonyl (C=O) groups is 1. The molecule has 0 aliphatic carbocycles. The lowest BCUT2D eigenvalue weighted by molar-refractivity contribution is 0.0697. The molecule has 0 spiro atoms. The molecule has 0 radical (unpaired) electrons. The number of nitrogens with one attached hydrogen (secondary N) is 1. The first-order chi connectivity index (χ1) is 9.70. The number of hydrogen-bond donors (Lipinski definition) is 2. The molecule has 0 aliphatic heterocycles. The molecule has 0 bridgehead atoms. The molecule has 20 heavy (non-hydrogen) atoms. The summed E-state index contributed by atoms with van der Waals surface area (Å²) in [5.74, 6) is -0.992. The molecule has 0 fully saturated rings. The number of benzene rings is 1. The first kappa shape index (κ1) is 14.1. The number of carboxylic acid groups (broad SMARTS) is 1. The second-order valence-electron chi connectivity index (χ2n) is 4.12. The minimum atomic E-state index is -0.992. The summed E-state index contributed by atoms with van der Waals surface area (Å²) in [4.78, 5) is 15.1. The number of aromatic carboxylic acids is 1. The quantitative estimate of drug-likeness (QED) is 0.569. The monoisotopic (exact) mass is 276 g/mol. The van der Waals surface area contributed by atoms with E-state index in [-0.39, 0.29) is 5.56 Å². The van der Waals surface area contributed by atoms with Crippen LogP contribution < -0.4 is 5.32 Å². The van der Waals surface area contributed by atoms with Gasteiger partial charge in [0.05, 0.1) is 18.8 Å². The zero-order valence-corrected chi connectivity index (χ0v) is 11.0. The third-order valence-corrected chi connectivity index (χ3v) is 2.62. The van der Waals surface area contributed by atoms with Crippen molar-refractivity contribution in [1.82, 2.24) is 4.98 Å². The van der Waals surface area contributed by atoms with Gasteiger partial charge in [-0.3, -0.25) is 0 Å². The fraction of sp³-hybridized carbons (Fsp3) is 0.286. The van der Waals surface area contributed by atoms with Crippen LogP contribution in [0.3, 0.4) is 0 Å². The van der Waals surface area contributed by atoms with Crippen molar-refractivity contribution in [1.29, 1.82) is 0 Å². The maximum atomic E-state index is 10.8. The number of rotatable bonds is 8. The standard InChI is InChI=1S/C14H16N2O4/c1-2-3-7-19-8-6-15-14-16-11-5-4-10(13(17)18)9-12(11)20-14/h2,4-5,9H,1,3,6-8H2,(H,15,16)(H,17,18). The van der Waals surface area contributed by atoms with Gasteiger partial charge >= 0.3 is 5.97 Å². The van der Waals surface area contributed by atoms with Gasteiger partial charge < -0.3 is 19.6 Å². The van der Waals surface area contributed by atoms with E-state index in [4.69, 9.17) is 14.3 Å². The third kappa shape index (κ3) is 3.58. The van der Waals surface area contributed by atoms with Crippen molar-refractivity contribution in [2.45, 2.75) is 6.42 Å². The molecule has 2 aromatic rings. The van der Waals surface area contributed by atoms with Gasteiger partial charge in [-0.05, 0) is 24.6 Å². The summed E-state index contributed by atoms with van der Waals surface area (Å²) in [7, 11) is 0. The summed E-state index contributed by atoms with van der Waals surface area (Å²) >= 11 is 0. The Labute approximate surface area is 116 Å². The van der Waals surface area contributed by atoms with E-state index in [0.29, 0.717) is 36.9 Å². The first-order valence-electron chi connectivity index (χ1n) is 6.27. The summed E-state index contributed by atoms with van der Waals surface area (Å²) in [6.07, 6.45) is 2.62. The number of nitrogens with zero attached hydrogens (tertiary/aromatic N) is 1. The van der Waals surface area contributed by atoms with Gasteiger partial charge in [-0.2, -0.15) is 4.98 Å². The molecule has 6 heteroatoms. The average Bonchev–Trinajstić information content (AvgIpc) is 2.84. The van der Waals surface area contributed by atoms with Crippen LogP contribution in [0.1, 0.15) is 16.8 Å². The highest BCUT2D eigenvalue weighted by Crippen LogP contribution is 2.20. The van der Waals surface area contributed by atoms with E-state index in [1.54, 1.807) is 12.1 Å². The summed E-state index contributed by atoms with van der Waals surface area (Å²) in [6.45, 7) is 5.35. The molecule has 0 aliphatic rings. The molecule has 0 atom stereocenters. The SMILES string of the molecule is C=CCCOCCNc1nc2ccc(C(=O)O)cc2o1. The van der Waals surface area contributed by atoms with E-state index in [1.165, 1.54) is 12.1 Å². The fourth-order valence-corrected chi connectivity index (χ4v) is 1.63. The molecular weight excluding hydrogens is 260 g/mol. The van der Waals surface area contributed by atoms with Crippen LogP contribution in [0.25, 0.3) is 11.1 Å². The van der Waals surface area contributed by atoms with Gasteiger partial charge in [-0.1, -0.05) is 6.08 Å². The van der Waals surface area contributed by atoms with E-state index in [0.717, 1.165) is 6.42 Å². The Morgan fingerprint density at radius 2 is 2.35 bits per heavy atom. The number of fused-ring (bicyclic) bond motifs is 1. The molecule has 0 saturated carbocycles. The van der Waals surface area contributed by atoms with E-state index < -0.39 is 5.97 Å². The smallest absolute Gasteiger partial charge is 0.335 e. The van der Waals surface area contributed by atoms with Gasteiger partial charge in [0, 0.05) is 6.54 Å². The number of oxazole rings is 1. The van der Waals surface area contributed by atoms with Gasteiger partial charge in [-0.25, -0.2) is 4.79 Å². The predicted octanol–water partition coefficient (Wildman–Crippen LogP) is 2.53. The Morgan fingerprint density at radius 1 is 1.50 bits per heavy atom. The van der Waals surface area contributed by atoms with Crippen molar-refractivity contribution in [3.63, 3.8) is 0 Å². The Morgan fingerprint density at radius 3 is 3.10 bits per heavy atom. The summed E-state index contributed by atoms with van der Waals surface area (Å²) in [5, 5.41) is 11.9. The minimum absolute atomic E-state index is 0.174. The minimum Gasteiger partial charge on any atom is -0.478 e. The van der Waals surface area contributed by atoms with Crippen LogP contribution in [0.5, 0.6) is 0 Å². The Kier molecular flexibility index (Phi) is 4.73. The van der Waals surface area contributed by atoms with Crippen LogP contribution in [0.2, 0.25) is 0 Å². The molecule has 1 aromatic carbocycles. The highest BCUT2D eigenvalue weighted by molar-refractivity contribution is 5.92. The van der Waals surface area contributed by atoms with Crippen LogP contribution >= 0.6 is 0 Å². The van der Waals surface area contributed by atoms with Gasteiger partial charge in [-0.15, -0.1) is 6.58 Å². The number of aromatic nitrogens is 1. The lowest BCUT2D eigenvalue weighted by atomic mass is 10.2. The van der Waals surface area contributed by atoms with Crippen molar-refractivity contribution >= 4 is 23.1 Å². The lowest BCUT2D eigenvalue weighted by Crippen LogP contribution is -2.09. The molecule has 0 unspecified atom stereocenters. The van der Waals surface area contributed by atoms with Crippen LogP contribution in [-0.2, 0) is 4.74 Å². The normalized spacial score (nSPS) is 10.6. The largest absolute Gasteiger partial charge is 0.478 e. The van der Waals surface area contributed by atoms with E-state index in [1.807, 2.05) is 0 Å². The summed E-state index contributed by atoms with van der Waals surface area (Å²) in [6, 6.07) is 4.93. The van der Waals surface area contributed by atoms with Crippen LogP contribution in [0, 0.1) is 0 Å². The Hall–Kier alpha value is -2.34. The molecule has 1 aromatic heterocycles. The molecule has 2 rings (SSSR count). The highest BCUT2D eigenvalue weighted by atomic mass is 16.5. The van der Waals surface area contributed by atoms with Crippen LogP contribution in [-0.4, -0.2) is 35.8 Å². The molecule has 6 nitrogen and oxygen atoms in total. The first-order valence-corrected chi connectivity index (χ1v) is 6.27. The third-order valence-electron chi connectivity index (χ3n) is 2.62. The fourth-order valence-electron chi connectivity index (χ4n) is 1.63. The van der Waals surface area contributed by atoms with Crippen molar-refractivity contribution in [3.05, 3.63) is 36.4 Å². The molecule has 1 heterocycles. The van der Waals surface area contributed by atoms with E-state index in [2.05, 4.69) is 16.9 Å². The maximum absolute atomic E-state index is 10.8. The number of hydrogen-bond acceptors (Lipinski definition) is 5. The zero-order valence-electron chi connectivity index (χ0n) is 11.0. The average molecular weight is 276 g/mol. The zero-order chi connectivity index (χ0) is 14.4. The van der Waals surface area contributed by atoms with Crippen LogP contribution in [0.4, 0.5) is 6.01 Å². The van der Waals surface area contributed by atoms with Crippen LogP contribution in [0.15, 0.2) is 35.3 Å². The second-order valence-corrected chi connectivity index (χ2v) is 4.12. The molecule has 0 saturated heterocycles. The van der Waals surface area contributed by atoms with Gasteiger partial charge in [0.1, 0.15) is 5.52 Å². The van der Waals surface area contributed by atoms with Gasteiger partial charge in [0.2, 0.25) is 0 Å². The van der Waals surface area contributed by atoms with Gasteiger partial charge in [0.25, 0.3) is 6.01 Å². The highest BCUT2D eigenvalue weighted by Gasteiger charge is 2.09. The number of carboxylic acids is 1. The number of anilines is 1. The molecule has 2 N–H and O–H groups in total. The summed E-state index contributed by atoms with van der Waals surface area (Å²) < 4.78 is 10.8. The predicted molar refractivity (Wildman–Crippen MR) is 75.1 cm³/mol.